The SMILES string of the molecule is Cc1ccc(C(CNc2ccc(S(N)(=O)=O)c(C(F)(F)F)c2)N2CCCC2)cc1. The first-order valence-corrected chi connectivity index (χ1v) is 10.9. The zero-order valence-corrected chi connectivity index (χ0v) is 16.9. The molecule has 1 saturated heterocycles. The lowest BCUT2D eigenvalue weighted by Crippen LogP contribution is -2.31. The van der Waals surface area contributed by atoms with Crippen molar-refractivity contribution in [3.63, 3.8) is 0 Å². The summed E-state index contributed by atoms with van der Waals surface area (Å²) in [5.41, 5.74) is 1.15. The number of rotatable bonds is 6. The molecule has 1 atom stereocenters. The number of alkyl halides is 3. The molecule has 1 aliphatic heterocycles. The van der Waals surface area contributed by atoms with Gasteiger partial charge in [-0.2, -0.15) is 13.2 Å². The van der Waals surface area contributed by atoms with Gasteiger partial charge in [0.2, 0.25) is 10.0 Å². The van der Waals surface area contributed by atoms with Gasteiger partial charge in [0.05, 0.1) is 16.5 Å². The predicted molar refractivity (Wildman–Crippen MR) is 106 cm³/mol. The fraction of sp³-hybridized carbons (Fsp3) is 0.400. The van der Waals surface area contributed by atoms with E-state index in [9.17, 15) is 21.6 Å². The highest BCUT2D eigenvalue weighted by Crippen LogP contribution is 2.36. The van der Waals surface area contributed by atoms with Gasteiger partial charge in [0, 0.05) is 12.2 Å². The maximum absolute atomic E-state index is 13.3. The number of anilines is 1. The van der Waals surface area contributed by atoms with Gasteiger partial charge in [0.15, 0.2) is 0 Å². The van der Waals surface area contributed by atoms with Crippen LogP contribution in [0.2, 0.25) is 0 Å². The predicted octanol–water partition coefficient (Wildman–Crippen LogP) is 3.91. The zero-order valence-electron chi connectivity index (χ0n) is 16.0. The minimum atomic E-state index is -4.83. The second-order valence-electron chi connectivity index (χ2n) is 7.30. The fourth-order valence-corrected chi connectivity index (χ4v) is 4.36. The number of likely N-dealkylation sites (tertiary alicyclic amines) is 1. The molecular weight excluding hydrogens is 403 g/mol. The summed E-state index contributed by atoms with van der Waals surface area (Å²) in [5.74, 6) is 0. The first-order valence-electron chi connectivity index (χ1n) is 9.34. The second kappa shape index (κ2) is 8.33. The normalized spacial score (nSPS) is 16.7. The van der Waals surface area contributed by atoms with Crippen molar-refractivity contribution in [2.24, 2.45) is 5.14 Å². The molecule has 1 fully saturated rings. The Morgan fingerprint density at radius 3 is 2.28 bits per heavy atom. The average molecular weight is 427 g/mol. The molecule has 1 heterocycles. The molecule has 0 aromatic heterocycles. The number of sulfonamides is 1. The monoisotopic (exact) mass is 427 g/mol. The van der Waals surface area contributed by atoms with Crippen molar-refractivity contribution in [2.45, 2.75) is 36.9 Å². The van der Waals surface area contributed by atoms with Gasteiger partial charge in [-0.05, 0) is 56.6 Å². The number of aryl methyl sites for hydroxylation is 1. The summed E-state index contributed by atoms with van der Waals surface area (Å²) < 4.78 is 63.1. The van der Waals surface area contributed by atoms with E-state index in [1.807, 2.05) is 31.2 Å². The molecule has 3 rings (SSSR count). The van der Waals surface area contributed by atoms with Crippen LogP contribution in [0.15, 0.2) is 47.4 Å². The van der Waals surface area contributed by atoms with Crippen molar-refractivity contribution in [2.75, 3.05) is 25.0 Å². The number of hydrogen-bond acceptors (Lipinski definition) is 4. The van der Waals surface area contributed by atoms with E-state index in [-0.39, 0.29) is 11.7 Å². The van der Waals surface area contributed by atoms with Crippen molar-refractivity contribution in [1.29, 1.82) is 0 Å². The molecular formula is C20H24F3N3O2S. The van der Waals surface area contributed by atoms with Gasteiger partial charge in [-0.1, -0.05) is 29.8 Å². The van der Waals surface area contributed by atoms with E-state index in [1.54, 1.807) is 0 Å². The number of hydrogen-bond donors (Lipinski definition) is 2. The average Bonchev–Trinajstić information content (AvgIpc) is 3.16. The Morgan fingerprint density at radius 2 is 1.72 bits per heavy atom. The Bertz CT molecular complexity index is 954. The lowest BCUT2D eigenvalue weighted by molar-refractivity contribution is -0.139. The first kappa shape index (κ1) is 21.6. The number of primary sulfonamides is 1. The van der Waals surface area contributed by atoms with Gasteiger partial charge >= 0.3 is 6.18 Å². The molecule has 1 aliphatic rings. The summed E-state index contributed by atoms with van der Waals surface area (Å²) in [6.07, 6.45) is -2.65. The van der Waals surface area contributed by atoms with Gasteiger partial charge in [-0.25, -0.2) is 13.6 Å². The molecule has 3 N–H and O–H groups in total. The van der Waals surface area contributed by atoms with Crippen molar-refractivity contribution >= 4 is 15.7 Å². The Balaban J connectivity index is 1.86. The fourth-order valence-electron chi connectivity index (χ4n) is 3.62. The van der Waals surface area contributed by atoms with Crippen LogP contribution in [-0.2, 0) is 16.2 Å². The molecule has 0 spiro atoms. The highest BCUT2D eigenvalue weighted by molar-refractivity contribution is 7.89. The van der Waals surface area contributed by atoms with Gasteiger partial charge in [-0.3, -0.25) is 4.90 Å². The summed E-state index contributed by atoms with van der Waals surface area (Å²) in [4.78, 5) is 1.38. The van der Waals surface area contributed by atoms with Crippen LogP contribution in [0.5, 0.6) is 0 Å². The van der Waals surface area contributed by atoms with Crippen molar-refractivity contribution < 1.29 is 21.6 Å². The van der Waals surface area contributed by atoms with Crippen LogP contribution in [-0.4, -0.2) is 33.0 Å². The summed E-state index contributed by atoms with van der Waals surface area (Å²) in [6, 6.07) is 11.1. The largest absolute Gasteiger partial charge is 0.417 e. The zero-order chi connectivity index (χ0) is 21.2. The van der Waals surface area contributed by atoms with E-state index in [4.69, 9.17) is 5.14 Å². The quantitative estimate of drug-likeness (QED) is 0.733. The summed E-state index contributed by atoms with van der Waals surface area (Å²) in [6.45, 7) is 4.25. The van der Waals surface area contributed by atoms with Gasteiger partial charge < -0.3 is 5.32 Å². The third-order valence-corrected chi connectivity index (χ3v) is 6.10. The van der Waals surface area contributed by atoms with Crippen LogP contribution in [0.4, 0.5) is 18.9 Å². The van der Waals surface area contributed by atoms with Crippen LogP contribution >= 0.6 is 0 Å². The first-order chi connectivity index (χ1) is 13.6. The Kier molecular flexibility index (Phi) is 6.21. The lowest BCUT2D eigenvalue weighted by atomic mass is 10.0. The van der Waals surface area contributed by atoms with Crippen LogP contribution in [0.3, 0.4) is 0 Å². The summed E-state index contributed by atoms with van der Waals surface area (Å²) >= 11 is 0. The summed E-state index contributed by atoms with van der Waals surface area (Å²) in [7, 11) is -4.48. The molecule has 5 nitrogen and oxygen atoms in total. The Hall–Kier alpha value is -2.10. The van der Waals surface area contributed by atoms with Crippen molar-refractivity contribution in [3.05, 3.63) is 59.2 Å². The number of benzene rings is 2. The molecule has 29 heavy (non-hydrogen) atoms. The lowest BCUT2D eigenvalue weighted by Gasteiger charge is -2.29. The maximum Gasteiger partial charge on any atom is 0.417 e. The van der Waals surface area contributed by atoms with E-state index in [2.05, 4.69) is 10.2 Å². The summed E-state index contributed by atoms with van der Waals surface area (Å²) in [5, 5.41) is 7.99. The Labute approximate surface area is 168 Å². The number of nitrogens with two attached hydrogens (primary N) is 1. The standard InChI is InChI=1S/C20H24F3N3O2S/c1-14-4-6-15(7-5-14)18(26-10-2-3-11-26)13-25-16-8-9-19(29(24,27)28)17(12-16)20(21,22)23/h4-9,12,18,25H,2-3,10-11,13H2,1H3,(H2,24,27,28). The van der Waals surface area contributed by atoms with Crippen LogP contribution in [0.1, 0.15) is 35.6 Å². The van der Waals surface area contributed by atoms with Gasteiger partial charge in [0.1, 0.15) is 0 Å². The van der Waals surface area contributed by atoms with Gasteiger partial charge in [0.25, 0.3) is 0 Å². The van der Waals surface area contributed by atoms with E-state index < -0.39 is 26.7 Å². The third kappa shape index (κ3) is 5.29. The minimum absolute atomic E-state index is 0.00496. The smallest absolute Gasteiger partial charge is 0.383 e. The third-order valence-electron chi connectivity index (χ3n) is 5.13. The molecule has 1 unspecified atom stereocenters. The van der Waals surface area contributed by atoms with E-state index in [0.717, 1.165) is 49.2 Å². The number of halogens is 3. The topological polar surface area (TPSA) is 75.4 Å². The second-order valence-corrected chi connectivity index (χ2v) is 8.83. The Morgan fingerprint density at radius 1 is 1.10 bits per heavy atom. The number of nitrogens with one attached hydrogen (secondary N) is 1. The maximum atomic E-state index is 13.3. The molecule has 2 aromatic rings. The molecule has 2 aromatic carbocycles. The molecule has 0 saturated carbocycles. The van der Waals surface area contributed by atoms with Crippen LogP contribution < -0.4 is 10.5 Å². The molecule has 9 heteroatoms. The molecule has 0 radical (unpaired) electrons. The highest BCUT2D eigenvalue weighted by Gasteiger charge is 2.36. The van der Waals surface area contributed by atoms with Gasteiger partial charge in [-0.15, -0.1) is 0 Å². The highest BCUT2D eigenvalue weighted by atomic mass is 32.2. The molecule has 158 valence electrons. The van der Waals surface area contributed by atoms with E-state index >= 15 is 0 Å². The minimum Gasteiger partial charge on any atom is -0.383 e. The molecule has 0 amide bonds. The van der Waals surface area contributed by atoms with Crippen LogP contribution in [0, 0.1) is 6.92 Å². The van der Waals surface area contributed by atoms with Crippen molar-refractivity contribution in [3.8, 4) is 0 Å². The van der Waals surface area contributed by atoms with E-state index in [0.29, 0.717) is 6.54 Å². The van der Waals surface area contributed by atoms with E-state index in [1.165, 1.54) is 6.07 Å². The number of nitrogens with zero attached hydrogens (tertiary/aromatic N) is 1. The molecule has 0 bridgehead atoms. The van der Waals surface area contributed by atoms with Crippen LogP contribution in [0.25, 0.3) is 0 Å². The van der Waals surface area contributed by atoms with Crippen molar-refractivity contribution in [1.82, 2.24) is 4.90 Å². The molecule has 0 aliphatic carbocycles.